The Labute approximate surface area is 165 Å². The van der Waals surface area contributed by atoms with Crippen molar-refractivity contribution in [3.8, 4) is 5.75 Å². The van der Waals surface area contributed by atoms with Crippen molar-refractivity contribution in [2.45, 2.75) is 19.4 Å². The van der Waals surface area contributed by atoms with Gasteiger partial charge in [-0.3, -0.25) is 4.79 Å². The van der Waals surface area contributed by atoms with E-state index in [0.717, 1.165) is 31.9 Å². The Kier molecular flexibility index (Phi) is 6.58. The fraction of sp³-hybridized carbons (Fsp3) is 0.381. The van der Waals surface area contributed by atoms with Gasteiger partial charge < -0.3 is 19.9 Å². The number of amides is 1. The average molecular weight is 388 g/mol. The first-order chi connectivity index (χ1) is 13.1. The molecule has 1 N–H and O–H groups in total. The van der Waals surface area contributed by atoms with Crippen LogP contribution in [0.1, 0.15) is 13.3 Å². The summed E-state index contributed by atoms with van der Waals surface area (Å²) in [6, 6.07) is 15.2. The zero-order valence-electron chi connectivity index (χ0n) is 15.8. The second-order valence-electron chi connectivity index (χ2n) is 6.77. The first-order valence-electron chi connectivity index (χ1n) is 9.32. The van der Waals surface area contributed by atoms with Crippen molar-refractivity contribution in [1.82, 2.24) is 4.90 Å². The summed E-state index contributed by atoms with van der Waals surface area (Å²) in [5.74, 6) is 0.344. The van der Waals surface area contributed by atoms with Crippen molar-refractivity contribution >= 4 is 28.9 Å². The molecule has 1 saturated heterocycles. The van der Waals surface area contributed by atoms with Crippen LogP contribution in [-0.2, 0) is 4.79 Å². The number of carbonyl (C=O) groups excluding carboxylic acids is 1. The highest BCUT2D eigenvalue weighted by Crippen LogP contribution is 2.25. The van der Waals surface area contributed by atoms with Gasteiger partial charge in [-0.2, -0.15) is 0 Å². The van der Waals surface area contributed by atoms with Gasteiger partial charge in [-0.15, -0.1) is 0 Å². The number of rotatable bonds is 6. The molecule has 0 radical (unpaired) electrons. The Bertz CT molecular complexity index is 758. The highest BCUT2D eigenvalue weighted by Gasteiger charge is 2.20. The van der Waals surface area contributed by atoms with Gasteiger partial charge in [0.15, 0.2) is 6.10 Å². The molecule has 0 aliphatic carbocycles. The van der Waals surface area contributed by atoms with Gasteiger partial charge in [-0.25, -0.2) is 0 Å². The first kappa shape index (κ1) is 19.5. The van der Waals surface area contributed by atoms with Crippen molar-refractivity contribution in [3.63, 3.8) is 0 Å². The van der Waals surface area contributed by atoms with Crippen LogP contribution in [0.2, 0.25) is 5.02 Å². The summed E-state index contributed by atoms with van der Waals surface area (Å²) in [5, 5.41) is 3.44. The number of halogens is 1. The third-order valence-corrected chi connectivity index (χ3v) is 5.08. The van der Waals surface area contributed by atoms with Gasteiger partial charge in [0.2, 0.25) is 0 Å². The second kappa shape index (κ2) is 9.11. The van der Waals surface area contributed by atoms with E-state index in [1.807, 2.05) is 31.2 Å². The molecule has 1 fully saturated rings. The molecule has 1 amide bonds. The first-order valence-corrected chi connectivity index (χ1v) is 9.70. The zero-order valence-corrected chi connectivity index (χ0v) is 16.6. The third kappa shape index (κ3) is 5.15. The number of hydrogen-bond acceptors (Lipinski definition) is 4. The lowest BCUT2D eigenvalue weighted by Gasteiger charge is -2.34. The van der Waals surface area contributed by atoms with Gasteiger partial charge in [-0.1, -0.05) is 30.7 Å². The molecular weight excluding hydrogens is 362 g/mol. The van der Waals surface area contributed by atoms with E-state index in [2.05, 4.69) is 34.3 Å². The van der Waals surface area contributed by atoms with E-state index in [-0.39, 0.29) is 5.91 Å². The van der Waals surface area contributed by atoms with Gasteiger partial charge >= 0.3 is 0 Å². The molecule has 2 aromatic carbocycles. The number of nitrogens with one attached hydrogen (secondary N) is 1. The largest absolute Gasteiger partial charge is 0.479 e. The average Bonchev–Trinajstić information content (AvgIpc) is 2.68. The molecule has 27 heavy (non-hydrogen) atoms. The number of anilines is 2. The summed E-state index contributed by atoms with van der Waals surface area (Å²) in [6.07, 6.45) is -0.0432. The number of benzene rings is 2. The lowest BCUT2D eigenvalue weighted by Crippen LogP contribution is -2.44. The maximum Gasteiger partial charge on any atom is 0.265 e. The predicted octanol–water partition coefficient (Wildman–Crippen LogP) is 3.89. The molecule has 1 aliphatic rings. The fourth-order valence-electron chi connectivity index (χ4n) is 3.06. The monoisotopic (exact) mass is 387 g/mol. The summed E-state index contributed by atoms with van der Waals surface area (Å²) in [7, 11) is 2.14. The topological polar surface area (TPSA) is 44.8 Å². The van der Waals surface area contributed by atoms with E-state index in [4.69, 9.17) is 16.3 Å². The number of piperazine rings is 1. The molecule has 1 aliphatic heterocycles. The minimum atomic E-state index is -0.595. The Morgan fingerprint density at radius 2 is 1.78 bits per heavy atom. The SMILES string of the molecule is CC[C@@H](Oc1ccccc1Cl)C(=O)Nc1ccc(N2CCN(C)CC2)cc1. The summed E-state index contributed by atoms with van der Waals surface area (Å²) in [6.45, 7) is 6.08. The number of ether oxygens (including phenoxy) is 1. The lowest BCUT2D eigenvalue weighted by molar-refractivity contribution is -0.122. The van der Waals surface area contributed by atoms with Crippen molar-refractivity contribution < 1.29 is 9.53 Å². The van der Waals surface area contributed by atoms with Gasteiger partial charge in [0.1, 0.15) is 5.75 Å². The van der Waals surface area contributed by atoms with Gasteiger partial charge in [0.05, 0.1) is 5.02 Å². The molecule has 0 unspecified atom stereocenters. The molecule has 2 aromatic rings. The van der Waals surface area contributed by atoms with Crippen LogP contribution in [0.3, 0.4) is 0 Å². The highest BCUT2D eigenvalue weighted by atomic mass is 35.5. The van der Waals surface area contributed by atoms with Crippen LogP contribution >= 0.6 is 11.6 Å². The molecule has 0 aromatic heterocycles. The van der Waals surface area contributed by atoms with E-state index < -0.39 is 6.10 Å². The van der Waals surface area contributed by atoms with E-state index >= 15 is 0 Å². The van der Waals surface area contributed by atoms with Crippen molar-refractivity contribution in [2.24, 2.45) is 0 Å². The molecule has 6 heteroatoms. The lowest BCUT2D eigenvalue weighted by atomic mass is 10.2. The van der Waals surface area contributed by atoms with Crippen LogP contribution in [0.4, 0.5) is 11.4 Å². The maximum absolute atomic E-state index is 12.6. The van der Waals surface area contributed by atoms with Gasteiger partial charge in [0, 0.05) is 37.6 Å². The van der Waals surface area contributed by atoms with E-state index in [0.29, 0.717) is 17.2 Å². The van der Waals surface area contributed by atoms with Crippen LogP contribution in [0.5, 0.6) is 5.75 Å². The molecule has 3 rings (SSSR count). The molecule has 0 bridgehead atoms. The summed E-state index contributed by atoms with van der Waals surface area (Å²) in [4.78, 5) is 17.3. The zero-order chi connectivity index (χ0) is 19.2. The smallest absolute Gasteiger partial charge is 0.265 e. The molecule has 144 valence electrons. The van der Waals surface area contributed by atoms with Gasteiger partial charge in [0.25, 0.3) is 5.91 Å². The summed E-state index contributed by atoms with van der Waals surface area (Å²) in [5.41, 5.74) is 1.94. The molecule has 0 saturated carbocycles. The Morgan fingerprint density at radius 1 is 1.11 bits per heavy atom. The molecule has 0 spiro atoms. The maximum atomic E-state index is 12.6. The number of likely N-dealkylation sites (N-methyl/N-ethyl adjacent to an activating group) is 1. The standard InChI is InChI=1S/C21H26ClN3O2/c1-3-19(27-20-7-5-4-6-18(20)22)21(26)23-16-8-10-17(11-9-16)25-14-12-24(2)13-15-25/h4-11,19H,3,12-15H2,1-2H3,(H,23,26)/t19-/m1/s1. The molecule has 5 nitrogen and oxygen atoms in total. The quantitative estimate of drug-likeness (QED) is 0.816. The highest BCUT2D eigenvalue weighted by molar-refractivity contribution is 6.32. The van der Waals surface area contributed by atoms with Crippen molar-refractivity contribution in [2.75, 3.05) is 43.4 Å². The van der Waals surface area contributed by atoms with Crippen molar-refractivity contribution in [3.05, 3.63) is 53.6 Å². The Balaban J connectivity index is 1.60. The van der Waals surface area contributed by atoms with Crippen LogP contribution in [0, 0.1) is 0 Å². The summed E-state index contributed by atoms with van der Waals surface area (Å²) < 4.78 is 5.80. The number of hydrogen-bond donors (Lipinski definition) is 1. The summed E-state index contributed by atoms with van der Waals surface area (Å²) >= 11 is 6.13. The fourth-order valence-corrected chi connectivity index (χ4v) is 3.24. The van der Waals surface area contributed by atoms with Crippen LogP contribution < -0.4 is 15.0 Å². The van der Waals surface area contributed by atoms with Crippen LogP contribution in [-0.4, -0.2) is 50.1 Å². The molecule has 1 heterocycles. The van der Waals surface area contributed by atoms with E-state index in [9.17, 15) is 4.79 Å². The van der Waals surface area contributed by atoms with Crippen LogP contribution in [0.25, 0.3) is 0 Å². The van der Waals surface area contributed by atoms with E-state index in [1.165, 1.54) is 5.69 Å². The number of nitrogens with zero attached hydrogens (tertiary/aromatic N) is 2. The Hall–Kier alpha value is -2.24. The molecule has 1 atom stereocenters. The third-order valence-electron chi connectivity index (χ3n) is 4.77. The number of carbonyl (C=O) groups is 1. The predicted molar refractivity (Wildman–Crippen MR) is 111 cm³/mol. The minimum Gasteiger partial charge on any atom is -0.479 e. The van der Waals surface area contributed by atoms with Crippen LogP contribution in [0.15, 0.2) is 48.5 Å². The van der Waals surface area contributed by atoms with Gasteiger partial charge in [-0.05, 0) is 49.9 Å². The normalized spacial score (nSPS) is 16.0. The number of para-hydroxylation sites is 1. The molecular formula is C21H26ClN3O2. The van der Waals surface area contributed by atoms with E-state index in [1.54, 1.807) is 12.1 Å². The second-order valence-corrected chi connectivity index (χ2v) is 7.18. The Morgan fingerprint density at radius 3 is 2.41 bits per heavy atom. The minimum absolute atomic E-state index is 0.176. The van der Waals surface area contributed by atoms with Crippen molar-refractivity contribution in [1.29, 1.82) is 0 Å².